The number of ether oxygens (including phenoxy) is 2. The average Bonchev–Trinajstić information content (AvgIpc) is 3.08. The molecular weight excluding hydrogens is 661 g/mol. The lowest BCUT2D eigenvalue weighted by Gasteiger charge is -2.40. The van der Waals surface area contributed by atoms with E-state index in [1.807, 2.05) is 0 Å². The highest BCUT2D eigenvalue weighted by Crippen LogP contribution is 2.37. The van der Waals surface area contributed by atoms with E-state index >= 15 is 4.39 Å². The number of imide groups is 1. The second-order valence-corrected chi connectivity index (χ2v) is 14.3. The summed E-state index contributed by atoms with van der Waals surface area (Å²) in [6, 6.07) is 12.4. The second kappa shape index (κ2) is 15.8. The maximum absolute atomic E-state index is 15.7. The first-order valence-corrected chi connectivity index (χ1v) is 17.7. The molecule has 0 aliphatic carbocycles. The van der Waals surface area contributed by atoms with Gasteiger partial charge in [-0.1, -0.05) is 24.3 Å². The number of nitrogens with zero attached hydrogens (tertiary/aromatic N) is 2. The molecule has 2 saturated heterocycles. The van der Waals surface area contributed by atoms with Crippen LogP contribution in [0.4, 0.5) is 23.7 Å². The van der Waals surface area contributed by atoms with E-state index in [1.54, 1.807) is 25.1 Å². The lowest BCUT2D eigenvalue weighted by Crippen LogP contribution is -2.58. The summed E-state index contributed by atoms with van der Waals surface area (Å²) in [7, 11) is -2.85. The third kappa shape index (κ3) is 7.99. The summed E-state index contributed by atoms with van der Waals surface area (Å²) in [5.74, 6) is -4.62. The summed E-state index contributed by atoms with van der Waals surface area (Å²) in [5, 5.41) is 3.24. The third-order valence-electron chi connectivity index (χ3n) is 9.29. The number of amides is 2. The minimum Gasteiger partial charge on any atom is -0.452 e. The number of piperazine rings is 1. The maximum Gasteiger partial charge on any atom is 0.420 e. The fourth-order valence-electron chi connectivity index (χ4n) is 7.01. The number of halogens is 3. The highest BCUT2D eigenvalue weighted by Gasteiger charge is 2.41. The highest BCUT2D eigenvalue weighted by atomic mass is 32.2. The molecule has 0 aromatic heterocycles. The quantitative estimate of drug-likeness (QED) is 0.311. The summed E-state index contributed by atoms with van der Waals surface area (Å²) in [6.07, 6.45) is -0.159. The molecule has 264 valence electrons. The molecule has 0 saturated carbocycles. The zero-order valence-electron chi connectivity index (χ0n) is 27.4. The Labute approximate surface area is 284 Å². The first-order chi connectivity index (χ1) is 23.4. The van der Waals surface area contributed by atoms with Crippen molar-refractivity contribution in [2.45, 2.75) is 61.5 Å². The number of benzene rings is 3. The van der Waals surface area contributed by atoms with Gasteiger partial charge in [-0.05, 0) is 80.5 Å². The van der Waals surface area contributed by atoms with Crippen LogP contribution in [0.5, 0.6) is 0 Å². The molecule has 2 heterocycles. The van der Waals surface area contributed by atoms with Crippen LogP contribution in [0.3, 0.4) is 0 Å². The van der Waals surface area contributed by atoms with Crippen molar-refractivity contribution in [3.8, 4) is 0 Å². The summed E-state index contributed by atoms with van der Waals surface area (Å²) >= 11 is 0. The van der Waals surface area contributed by atoms with Gasteiger partial charge in [-0.3, -0.25) is 4.79 Å². The van der Waals surface area contributed by atoms with Gasteiger partial charge in [0, 0.05) is 55.9 Å². The first-order valence-electron chi connectivity index (χ1n) is 16.2. The Hall–Kier alpha value is -3.82. The summed E-state index contributed by atoms with van der Waals surface area (Å²) in [5.41, 5.74) is 6.61. The summed E-state index contributed by atoms with van der Waals surface area (Å²) < 4.78 is 83.9. The Morgan fingerprint density at radius 1 is 1.02 bits per heavy atom. The number of carbonyl (C=O) groups is 2. The number of sulfonamides is 1. The minimum atomic E-state index is -3.91. The average molecular weight is 703 g/mol. The van der Waals surface area contributed by atoms with Gasteiger partial charge < -0.3 is 20.5 Å². The van der Waals surface area contributed by atoms with Crippen LogP contribution in [0.1, 0.15) is 43.2 Å². The molecule has 4 atom stereocenters. The van der Waals surface area contributed by atoms with Crippen molar-refractivity contribution in [3.63, 3.8) is 0 Å². The van der Waals surface area contributed by atoms with Crippen molar-refractivity contribution in [3.05, 3.63) is 95.3 Å². The smallest absolute Gasteiger partial charge is 0.420 e. The van der Waals surface area contributed by atoms with E-state index < -0.39 is 63.5 Å². The normalized spacial score (nSPS) is 20.4. The number of anilines is 1. The molecule has 0 bridgehead atoms. The third-order valence-corrected chi connectivity index (χ3v) is 11.4. The van der Waals surface area contributed by atoms with E-state index in [1.165, 1.54) is 34.6 Å². The second-order valence-electron chi connectivity index (χ2n) is 12.4. The fraction of sp³-hybridized carbons (Fsp3) is 0.429. The van der Waals surface area contributed by atoms with Gasteiger partial charge in [-0.25, -0.2) is 31.3 Å². The minimum absolute atomic E-state index is 0.0249. The molecule has 49 heavy (non-hydrogen) atoms. The Morgan fingerprint density at radius 3 is 2.35 bits per heavy atom. The molecule has 3 aromatic carbocycles. The van der Waals surface area contributed by atoms with Crippen LogP contribution in [0, 0.1) is 23.4 Å². The van der Waals surface area contributed by atoms with E-state index in [0.29, 0.717) is 50.1 Å². The number of hydrogen-bond acceptors (Lipinski definition) is 8. The van der Waals surface area contributed by atoms with E-state index in [0.717, 1.165) is 19.2 Å². The Morgan fingerprint density at radius 2 is 1.69 bits per heavy atom. The van der Waals surface area contributed by atoms with Gasteiger partial charge in [0.25, 0.3) is 5.91 Å². The van der Waals surface area contributed by atoms with Crippen molar-refractivity contribution < 1.29 is 40.7 Å². The SMILES string of the molecule is COC(=O)N(C(=O)[C@@H](N)[C@@H](c1cc(F)cc(F)c1)C1CCOCC1)c1cccc(F)c1CC[C@H]1CNC[C@H](C)N1S(=O)(=O)c1ccccc1. The van der Waals surface area contributed by atoms with Crippen LogP contribution in [-0.2, 0) is 30.7 Å². The Kier molecular flexibility index (Phi) is 11.8. The van der Waals surface area contributed by atoms with Crippen molar-refractivity contribution >= 4 is 27.7 Å². The van der Waals surface area contributed by atoms with E-state index in [4.69, 9.17) is 15.2 Å². The van der Waals surface area contributed by atoms with Gasteiger partial charge in [0.1, 0.15) is 17.5 Å². The molecule has 0 radical (unpaired) electrons. The van der Waals surface area contributed by atoms with Crippen LogP contribution in [0.2, 0.25) is 0 Å². The zero-order chi connectivity index (χ0) is 35.3. The van der Waals surface area contributed by atoms with Crippen molar-refractivity contribution in [2.75, 3.05) is 38.3 Å². The van der Waals surface area contributed by atoms with Gasteiger partial charge in [-0.2, -0.15) is 4.31 Å². The zero-order valence-corrected chi connectivity index (χ0v) is 28.2. The molecule has 0 unspecified atom stereocenters. The van der Waals surface area contributed by atoms with Crippen LogP contribution >= 0.6 is 0 Å². The first kappa shape index (κ1) is 36.5. The molecule has 2 aliphatic rings. The molecule has 3 aromatic rings. The number of rotatable bonds is 10. The largest absolute Gasteiger partial charge is 0.452 e. The van der Waals surface area contributed by atoms with Crippen LogP contribution in [0.25, 0.3) is 0 Å². The lowest BCUT2D eigenvalue weighted by molar-refractivity contribution is -0.120. The molecule has 0 spiro atoms. The summed E-state index contributed by atoms with van der Waals surface area (Å²) in [4.78, 5) is 28.4. The highest BCUT2D eigenvalue weighted by molar-refractivity contribution is 7.89. The predicted octanol–water partition coefficient (Wildman–Crippen LogP) is 4.72. The Balaban J connectivity index is 1.48. The number of nitrogens with one attached hydrogen (secondary N) is 1. The monoisotopic (exact) mass is 702 g/mol. The maximum atomic E-state index is 15.7. The van der Waals surface area contributed by atoms with Gasteiger partial charge in [0.15, 0.2) is 0 Å². The van der Waals surface area contributed by atoms with Crippen molar-refractivity contribution in [1.82, 2.24) is 9.62 Å². The summed E-state index contributed by atoms with van der Waals surface area (Å²) in [6.45, 7) is 3.19. The van der Waals surface area contributed by atoms with E-state index in [9.17, 15) is 26.8 Å². The number of nitrogens with two attached hydrogens (primary N) is 1. The molecule has 10 nitrogen and oxygen atoms in total. The number of methoxy groups -OCH3 is 1. The fourth-order valence-corrected chi connectivity index (χ4v) is 8.87. The van der Waals surface area contributed by atoms with Crippen LogP contribution in [-0.4, -0.2) is 76.3 Å². The van der Waals surface area contributed by atoms with Gasteiger partial charge >= 0.3 is 6.09 Å². The molecule has 2 aliphatic heterocycles. The van der Waals surface area contributed by atoms with Gasteiger partial charge in [-0.15, -0.1) is 0 Å². The topological polar surface area (TPSA) is 131 Å². The molecular formula is C35H41F3N4O6S. The van der Waals surface area contributed by atoms with Crippen LogP contribution in [0.15, 0.2) is 71.6 Å². The standard InChI is InChI=1S/C35H41F3N4O6S/c1-22-20-40-21-27(42(22)49(45,46)28-7-4-3-5-8-28)11-12-29-30(38)9-6-10-31(29)41(35(44)47-2)34(43)33(39)32(23-13-15-48-16-14-23)24-17-25(36)19-26(37)18-24/h3-10,17-19,22-23,27,32-33,40H,11-16,20-21,39H2,1-2H3/t22-,27-,32+,33-/m0/s1. The van der Waals surface area contributed by atoms with Gasteiger partial charge in [0.2, 0.25) is 10.0 Å². The van der Waals surface area contributed by atoms with Gasteiger partial charge in [0.05, 0.1) is 23.7 Å². The molecule has 14 heteroatoms. The van der Waals surface area contributed by atoms with Crippen molar-refractivity contribution in [2.24, 2.45) is 11.7 Å². The number of carbonyl (C=O) groups excluding carboxylic acids is 2. The van der Waals surface area contributed by atoms with Crippen molar-refractivity contribution in [1.29, 1.82) is 0 Å². The lowest BCUT2D eigenvalue weighted by atomic mass is 9.76. The molecule has 2 fully saturated rings. The Bertz CT molecular complexity index is 1720. The number of hydrogen-bond donors (Lipinski definition) is 2. The van der Waals surface area contributed by atoms with E-state index in [-0.39, 0.29) is 40.5 Å². The molecule has 3 N–H and O–H groups in total. The molecule has 5 rings (SSSR count). The molecule has 2 amide bonds. The van der Waals surface area contributed by atoms with Crippen LogP contribution < -0.4 is 16.0 Å². The van der Waals surface area contributed by atoms with E-state index in [2.05, 4.69) is 5.32 Å². The predicted molar refractivity (Wildman–Crippen MR) is 177 cm³/mol.